The first kappa shape index (κ1) is 13.7. The molecular formula is C14H15NO4. The van der Waals surface area contributed by atoms with Crippen molar-refractivity contribution in [3.05, 3.63) is 70.9 Å². The number of hydrogen-bond acceptors (Lipinski definition) is 4. The fraction of sp³-hybridized carbons (Fsp3) is 0.143. The Kier molecular flexibility index (Phi) is 4.26. The zero-order valence-electron chi connectivity index (χ0n) is 10.1. The van der Waals surface area contributed by atoms with Crippen LogP contribution in [0.4, 0.5) is 5.69 Å². The maximum atomic E-state index is 11.1. The molecule has 19 heavy (non-hydrogen) atoms. The Morgan fingerprint density at radius 1 is 0.842 bits per heavy atom. The van der Waals surface area contributed by atoms with Crippen LogP contribution in [0.1, 0.15) is 23.3 Å². The summed E-state index contributed by atoms with van der Waals surface area (Å²) in [5, 5.41) is 39.3. The van der Waals surface area contributed by atoms with Crippen molar-refractivity contribution in [1.82, 2.24) is 0 Å². The number of quaternary nitrogens is 1. The Labute approximate surface area is 110 Å². The standard InChI is InChI=1S/C14H15NO4/c16-13(10-6-2-1-3-7-10)14(17)11-8-4-5-9-12(11)15(18)19/h1-9,13-18H/t13-,14-/m1/s1. The second-order valence-corrected chi connectivity index (χ2v) is 4.19. The van der Waals surface area contributed by atoms with E-state index >= 15 is 0 Å². The second-order valence-electron chi connectivity index (χ2n) is 4.19. The van der Waals surface area contributed by atoms with Crippen LogP contribution in [0.15, 0.2) is 54.6 Å². The minimum Gasteiger partial charge on any atom is -0.595 e. The lowest BCUT2D eigenvalue weighted by atomic mass is 9.97. The number of benzene rings is 2. The maximum absolute atomic E-state index is 11.1. The summed E-state index contributed by atoms with van der Waals surface area (Å²) in [5.74, 6) is 0. The average Bonchev–Trinajstić information content (AvgIpc) is 2.46. The number of aliphatic hydroxyl groups excluding tert-OH is 2. The normalized spacial score (nSPS) is 15.8. The highest BCUT2D eigenvalue weighted by Gasteiger charge is 2.24. The van der Waals surface area contributed by atoms with Gasteiger partial charge in [0.15, 0.2) is 5.69 Å². The topological polar surface area (TPSA) is 88.2 Å². The molecule has 2 rings (SSSR count). The van der Waals surface area contributed by atoms with Crippen molar-refractivity contribution in [2.45, 2.75) is 12.2 Å². The third kappa shape index (κ3) is 2.98. The Morgan fingerprint density at radius 2 is 1.42 bits per heavy atom. The zero-order chi connectivity index (χ0) is 13.8. The zero-order valence-corrected chi connectivity index (χ0v) is 10.1. The van der Waals surface area contributed by atoms with E-state index in [9.17, 15) is 15.4 Å². The SMILES string of the molecule is [O-][NH+](O)c1ccccc1[C@@H](O)[C@H](O)c1ccccc1. The Morgan fingerprint density at radius 3 is 2.05 bits per heavy atom. The summed E-state index contributed by atoms with van der Waals surface area (Å²) in [4.78, 5) is 0. The molecule has 0 aliphatic carbocycles. The van der Waals surface area contributed by atoms with Crippen molar-refractivity contribution in [1.29, 1.82) is 0 Å². The van der Waals surface area contributed by atoms with Crippen molar-refractivity contribution >= 4 is 5.69 Å². The quantitative estimate of drug-likeness (QED) is 0.615. The predicted octanol–water partition coefficient (Wildman–Crippen LogP) is 0.857. The van der Waals surface area contributed by atoms with Crippen molar-refractivity contribution in [3.8, 4) is 0 Å². The lowest BCUT2D eigenvalue weighted by molar-refractivity contribution is -0.991. The molecule has 0 heterocycles. The Bertz CT molecular complexity index is 530. The molecule has 0 spiro atoms. The van der Waals surface area contributed by atoms with Crippen molar-refractivity contribution in [2.75, 3.05) is 0 Å². The van der Waals surface area contributed by atoms with Crippen LogP contribution in [0.3, 0.4) is 0 Å². The smallest absolute Gasteiger partial charge is 0.169 e. The molecule has 2 aromatic carbocycles. The van der Waals surface area contributed by atoms with Gasteiger partial charge in [-0.2, -0.15) is 5.23 Å². The number of para-hydroxylation sites is 1. The Balaban J connectivity index is 2.32. The first-order valence-corrected chi connectivity index (χ1v) is 5.84. The summed E-state index contributed by atoms with van der Waals surface area (Å²) >= 11 is 0. The minimum atomic E-state index is -1.28. The highest BCUT2D eigenvalue weighted by molar-refractivity contribution is 5.42. The summed E-state index contributed by atoms with van der Waals surface area (Å²) < 4.78 is 0. The first-order valence-electron chi connectivity index (χ1n) is 5.84. The van der Waals surface area contributed by atoms with Gasteiger partial charge in [0.1, 0.15) is 12.2 Å². The third-order valence-corrected chi connectivity index (χ3v) is 2.95. The molecule has 0 fully saturated rings. The van der Waals surface area contributed by atoms with Crippen LogP contribution in [-0.2, 0) is 0 Å². The maximum Gasteiger partial charge on any atom is 0.169 e. The molecule has 0 radical (unpaired) electrons. The van der Waals surface area contributed by atoms with E-state index in [1.807, 2.05) is 0 Å². The van der Waals surface area contributed by atoms with Crippen LogP contribution in [0.25, 0.3) is 0 Å². The molecule has 5 heteroatoms. The van der Waals surface area contributed by atoms with Gasteiger partial charge < -0.3 is 15.4 Å². The second kappa shape index (κ2) is 5.92. The fourth-order valence-corrected chi connectivity index (χ4v) is 1.95. The van der Waals surface area contributed by atoms with Gasteiger partial charge in [0.2, 0.25) is 0 Å². The van der Waals surface area contributed by atoms with E-state index in [4.69, 9.17) is 5.21 Å². The number of rotatable bonds is 4. The molecule has 5 nitrogen and oxygen atoms in total. The molecule has 0 bridgehead atoms. The van der Waals surface area contributed by atoms with Crippen LogP contribution < -0.4 is 5.23 Å². The highest BCUT2D eigenvalue weighted by atomic mass is 16.8. The van der Waals surface area contributed by atoms with Crippen molar-refractivity contribution in [3.63, 3.8) is 0 Å². The van der Waals surface area contributed by atoms with E-state index < -0.39 is 17.4 Å². The number of aliphatic hydroxyl groups is 2. The molecule has 0 saturated carbocycles. The highest BCUT2D eigenvalue weighted by Crippen LogP contribution is 2.31. The lowest BCUT2D eigenvalue weighted by Gasteiger charge is -2.22. The summed E-state index contributed by atoms with van der Waals surface area (Å²) in [5.41, 5.74) is 0.728. The molecule has 4 N–H and O–H groups in total. The van der Waals surface area contributed by atoms with E-state index in [-0.39, 0.29) is 11.3 Å². The van der Waals surface area contributed by atoms with Crippen LogP contribution in [0.5, 0.6) is 0 Å². The molecule has 0 aliphatic heterocycles. The van der Waals surface area contributed by atoms with Gasteiger partial charge in [-0.3, -0.25) is 0 Å². The number of hydrogen-bond donors (Lipinski definition) is 4. The van der Waals surface area contributed by atoms with Gasteiger partial charge in [-0.05, 0) is 5.56 Å². The molecule has 1 unspecified atom stereocenters. The molecule has 2 aromatic rings. The van der Waals surface area contributed by atoms with Gasteiger partial charge in [0.25, 0.3) is 0 Å². The van der Waals surface area contributed by atoms with Gasteiger partial charge in [-0.15, -0.1) is 0 Å². The molecule has 0 amide bonds. The summed E-state index contributed by atoms with van der Waals surface area (Å²) in [7, 11) is 0. The van der Waals surface area contributed by atoms with Crippen LogP contribution in [0.2, 0.25) is 0 Å². The largest absolute Gasteiger partial charge is 0.595 e. The van der Waals surface area contributed by atoms with Gasteiger partial charge in [0, 0.05) is 11.6 Å². The van der Waals surface area contributed by atoms with Crippen molar-refractivity contribution in [2.24, 2.45) is 0 Å². The van der Waals surface area contributed by atoms with Crippen LogP contribution >= 0.6 is 0 Å². The fourth-order valence-electron chi connectivity index (χ4n) is 1.95. The van der Waals surface area contributed by atoms with Crippen molar-refractivity contribution < 1.29 is 20.6 Å². The Hall–Kier alpha value is -1.76. The molecular weight excluding hydrogens is 246 g/mol. The van der Waals surface area contributed by atoms with E-state index in [1.165, 1.54) is 12.1 Å². The number of nitrogens with one attached hydrogen (secondary N) is 1. The molecule has 0 aromatic heterocycles. The van der Waals surface area contributed by atoms with Crippen LogP contribution in [-0.4, -0.2) is 15.4 Å². The van der Waals surface area contributed by atoms with Gasteiger partial charge in [0.05, 0.1) is 0 Å². The van der Waals surface area contributed by atoms with E-state index in [2.05, 4.69) is 0 Å². The molecule has 100 valence electrons. The van der Waals surface area contributed by atoms with Gasteiger partial charge in [-0.1, -0.05) is 48.5 Å². The molecule has 0 aliphatic rings. The monoisotopic (exact) mass is 261 g/mol. The minimum absolute atomic E-state index is 0.00928. The summed E-state index contributed by atoms with van der Waals surface area (Å²) in [6, 6.07) is 14.8. The molecule has 3 atom stereocenters. The van der Waals surface area contributed by atoms with E-state index in [1.54, 1.807) is 42.5 Å². The summed E-state index contributed by atoms with van der Waals surface area (Å²) in [6.45, 7) is 0. The third-order valence-electron chi connectivity index (χ3n) is 2.95. The van der Waals surface area contributed by atoms with E-state index in [0.29, 0.717) is 5.56 Å². The van der Waals surface area contributed by atoms with Crippen LogP contribution in [0, 0.1) is 5.21 Å². The summed E-state index contributed by atoms with van der Waals surface area (Å²) in [6.07, 6.45) is -2.45. The predicted molar refractivity (Wildman–Crippen MR) is 68.6 cm³/mol. The van der Waals surface area contributed by atoms with Gasteiger partial charge in [-0.25, -0.2) is 5.21 Å². The van der Waals surface area contributed by atoms with E-state index in [0.717, 1.165) is 0 Å². The first-order chi connectivity index (χ1) is 9.11. The molecule has 0 saturated heterocycles. The van der Waals surface area contributed by atoms with Gasteiger partial charge >= 0.3 is 0 Å². The average molecular weight is 261 g/mol. The lowest BCUT2D eigenvalue weighted by Crippen LogP contribution is -2.99.